The quantitative estimate of drug-likeness (QED) is 0.909. The molecule has 0 saturated carbocycles. The summed E-state index contributed by atoms with van der Waals surface area (Å²) in [6, 6.07) is 5.18. The molecule has 2 rings (SSSR count). The summed E-state index contributed by atoms with van der Waals surface area (Å²) in [5.74, 6) is 0.499. The van der Waals surface area contributed by atoms with Crippen molar-refractivity contribution >= 4 is 10.0 Å². The van der Waals surface area contributed by atoms with E-state index in [0.717, 1.165) is 11.1 Å². The van der Waals surface area contributed by atoms with Crippen molar-refractivity contribution in [1.82, 2.24) is 4.31 Å². The van der Waals surface area contributed by atoms with Crippen LogP contribution in [0.15, 0.2) is 18.2 Å². The second-order valence-corrected chi connectivity index (χ2v) is 7.22. The molecule has 0 aromatic heterocycles. The van der Waals surface area contributed by atoms with Crippen molar-refractivity contribution in [3.63, 3.8) is 0 Å². The Kier molecular flexibility index (Phi) is 3.64. The number of benzene rings is 1. The first-order valence-corrected chi connectivity index (χ1v) is 7.78. The maximum absolute atomic E-state index is 12.2. The van der Waals surface area contributed by atoms with Crippen molar-refractivity contribution in [2.75, 3.05) is 12.3 Å². The molecule has 1 aliphatic heterocycles. The van der Waals surface area contributed by atoms with E-state index in [0.29, 0.717) is 19.5 Å². The Morgan fingerprint density at radius 3 is 2.72 bits per heavy atom. The van der Waals surface area contributed by atoms with E-state index in [9.17, 15) is 13.5 Å². The summed E-state index contributed by atoms with van der Waals surface area (Å²) in [4.78, 5) is 0. The van der Waals surface area contributed by atoms with Crippen LogP contribution in [0.25, 0.3) is 0 Å². The Labute approximate surface area is 108 Å². The van der Waals surface area contributed by atoms with E-state index in [2.05, 4.69) is 0 Å². The van der Waals surface area contributed by atoms with Gasteiger partial charge in [-0.3, -0.25) is 0 Å². The lowest BCUT2D eigenvalue weighted by molar-refractivity contribution is 0.385. The Morgan fingerprint density at radius 1 is 1.33 bits per heavy atom. The zero-order chi connectivity index (χ0) is 13.3. The van der Waals surface area contributed by atoms with Crippen molar-refractivity contribution in [3.8, 4) is 5.75 Å². The largest absolute Gasteiger partial charge is 0.508 e. The van der Waals surface area contributed by atoms with Crippen LogP contribution < -0.4 is 0 Å². The van der Waals surface area contributed by atoms with Gasteiger partial charge in [0, 0.05) is 13.1 Å². The van der Waals surface area contributed by atoms with Gasteiger partial charge in [-0.1, -0.05) is 19.9 Å². The molecule has 0 unspecified atom stereocenters. The number of sulfonamides is 1. The van der Waals surface area contributed by atoms with Crippen LogP contribution in [-0.4, -0.2) is 30.1 Å². The lowest BCUT2D eigenvalue weighted by Crippen LogP contribution is -2.38. The zero-order valence-electron chi connectivity index (χ0n) is 10.8. The van der Waals surface area contributed by atoms with Gasteiger partial charge in [-0.2, -0.15) is 4.31 Å². The molecule has 100 valence electrons. The minimum absolute atomic E-state index is 0.126. The maximum Gasteiger partial charge on any atom is 0.214 e. The molecule has 4 nitrogen and oxygen atoms in total. The highest BCUT2D eigenvalue weighted by molar-refractivity contribution is 7.89. The molecular formula is C13H19NO3S. The van der Waals surface area contributed by atoms with Gasteiger partial charge in [0.1, 0.15) is 5.75 Å². The minimum Gasteiger partial charge on any atom is -0.508 e. The van der Waals surface area contributed by atoms with E-state index in [1.165, 1.54) is 4.31 Å². The van der Waals surface area contributed by atoms with Crippen molar-refractivity contribution in [3.05, 3.63) is 29.3 Å². The topological polar surface area (TPSA) is 57.6 Å². The molecule has 0 bridgehead atoms. The van der Waals surface area contributed by atoms with Gasteiger partial charge in [0.25, 0.3) is 0 Å². The number of aromatic hydroxyl groups is 1. The lowest BCUT2D eigenvalue weighted by atomic mass is 10.0. The van der Waals surface area contributed by atoms with Crippen molar-refractivity contribution in [2.24, 2.45) is 5.92 Å². The average Bonchev–Trinajstić information content (AvgIpc) is 2.26. The van der Waals surface area contributed by atoms with Crippen LogP contribution >= 0.6 is 0 Å². The normalized spacial score (nSPS) is 16.8. The number of rotatable bonds is 3. The zero-order valence-corrected chi connectivity index (χ0v) is 11.6. The van der Waals surface area contributed by atoms with Crippen LogP contribution in [0.5, 0.6) is 5.75 Å². The number of phenols is 1. The third kappa shape index (κ3) is 2.84. The third-order valence-electron chi connectivity index (χ3n) is 3.10. The summed E-state index contributed by atoms with van der Waals surface area (Å²) in [7, 11) is -3.19. The summed E-state index contributed by atoms with van der Waals surface area (Å²) in [5, 5.41) is 9.45. The molecule has 0 atom stereocenters. The molecule has 1 heterocycles. The molecule has 1 aromatic carbocycles. The van der Waals surface area contributed by atoms with Crippen LogP contribution in [0.2, 0.25) is 0 Å². The average molecular weight is 269 g/mol. The number of hydrogen-bond acceptors (Lipinski definition) is 3. The van der Waals surface area contributed by atoms with Gasteiger partial charge >= 0.3 is 0 Å². The first-order valence-electron chi connectivity index (χ1n) is 6.17. The second kappa shape index (κ2) is 4.90. The first-order chi connectivity index (χ1) is 8.38. The van der Waals surface area contributed by atoms with Gasteiger partial charge in [-0.15, -0.1) is 0 Å². The Balaban J connectivity index is 2.21. The third-order valence-corrected chi connectivity index (χ3v) is 5.29. The van der Waals surface area contributed by atoms with Crippen LogP contribution in [0, 0.1) is 5.92 Å². The molecule has 0 saturated heterocycles. The van der Waals surface area contributed by atoms with Gasteiger partial charge in [-0.05, 0) is 35.6 Å². The highest BCUT2D eigenvalue weighted by atomic mass is 32.2. The fourth-order valence-corrected chi connectivity index (χ4v) is 4.04. The smallest absolute Gasteiger partial charge is 0.214 e. The van der Waals surface area contributed by atoms with Crippen LogP contribution in [0.4, 0.5) is 0 Å². The van der Waals surface area contributed by atoms with Crippen LogP contribution in [-0.2, 0) is 23.0 Å². The van der Waals surface area contributed by atoms with E-state index in [-0.39, 0.29) is 17.4 Å². The molecule has 5 heteroatoms. The van der Waals surface area contributed by atoms with Gasteiger partial charge in [0.05, 0.1) is 5.75 Å². The number of hydrogen-bond donors (Lipinski definition) is 1. The molecule has 18 heavy (non-hydrogen) atoms. The SMILES string of the molecule is CC(C)CS(=O)(=O)N1CCc2ccc(O)cc2C1. The van der Waals surface area contributed by atoms with E-state index in [1.807, 2.05) is 19.9 Å². The van der Waals surface area contributed by atoms with Crippen LogP contribution in [0.3, 0.4) is 0 Å². The standard InChI is InChI=1S/C13H19NO3S/c1-10(2)9-18(16,17)14-6-5-11-3-4-13(15)7-12(11)8-14/h3-4,7,10,15H,5-6,8-9H2,1-2H3. The molecule has 0 amide bonds. The maximum atomic E-state index is 12.2. The fraction of sp³-hybridized carbons (Fsp3) is 0.538. The highest BCUT2D eigenvalue weighted by Gasteiger charge is 2.27. The summed E-state index contributed by atoms with van der Waals surface area (Å²) in [6.45, 7) is 4.72. The summed E-state index contributed by atoms with van der Waals surface area (Å²) in [5.41, 5.74) is 2.04. The van der Waals surface area contributed by atoms with Crippen molar-refractivity contribution < 1.29 is 13.5 Å². The van der Waals surface area contributed by atoms with Gasteiger partial charge in [-0.25, -0.2) is 8.42 Å². The molecule has 0 aliphatic carbocycles. The molecule has 0 spiro atoms. The predicted octanol–water partition coefficient (Wildman–Crippen LogP) is 1.74. The second-order valence-electron chi connectivity index (χ2n) is 5.21. The minimum atomic E-state index is -3.19. The molecule has 0 radical (unpaired) electrons. The van der Waals surface area contributed by atoms with Gasteiger partial charge < -0.3 is 5.11 Å². The van der Waals surface area contributed by atoms with E-state index >= 15 is 0 Å². The van der Waals surface area contributed by atoms with Crippen molar-refractivity contribution in [1.29, 1.82) is 0 Å². The molecule has 1 aromatic rings. The van der Waals surface area contributed by atoms with Gasteiger partial charge in [0.2, 0.25) is 10.0 Å². The van der Waals surface area contributed by atoms with Crippen LogP contribution in [0.1, 0.15) is 25.0 Å². The molecule has 1 aliphatic rings. The lowest BCUT2D eigenvalue weighted by Gasteiger charge is -2.28. The predicted molar refractivity (Wildman–Crippen MR) is 70.8 cm³/mol. The fourth-order valence-electron chi connectivity index (χ4n) is 2.28. The number of fused-ring (bicyclic) bond motifs is 1. The van der Waals surface area contributed by atoms with Gasteiger partial charge in [0.15, 0.2) is 0 Å². The Morgan fingerprint density at radius 2 is 2.06 bits per heavy atom. The van der Waals surface area contributed by atoms with E-state index in [4.69, 9.17) is 0 Å². The van der Waals surface area contributed by atoms with E-state index in [1.54, 1.807) is 12.1 Å². The first kappa shape index (κ1) is 13.4. The summed E-state index contributed by atoms with van der Waals surface area (Å²) in [6.07, 6.45) is 0.715. The number of phenolic OH excluding ortho intramolecular Hbond substituents is 1. The monoisotopic (exact) mass is 269 g/mol. The molecule has 1 N–H and O–H groups in total. The van der Waals surface area contributed by atoms with Crippen molar-refractivity contribution in [2.45, 2.75) is 26.8 Å². The molecule has 0 fully saturated rings. The highest BCUT2D eigenvalue weighted by Crippen LogP contribution is 2.25. The number of nitrogens with zero attached hydrogens (tertiary/aromatic N) is 1. The molecular weight excluding hydrogens is 250 g/mol. The van der Waals surface area contributed by atoms with E-state index < -0.39 is 10.0 Å². The Hall–Kier alpha value is -1.07. The summed E-state index contributed by atoms with van der Waals surface area (Å²) < 4.78 is 25.8. The summed E-state index contributed by atoms with van der Waals surface area (Å²) >= 11 is 0. The Bertz CT molecular complexity index is 537.